The van der Waals surface area contributed by atoms with E-state index in [2.05, 4.69) is 13.0 Å². The molecule has 0 saturated heterocycles. The average Bonchev–Trinajstić information content (AvgIpc) is 3.14. The minimum absolute atomic E-state index is 0.662. The molecule has 0 unspecified atom stereocenters. The van der Waals surface area contributed by atoms with Gasteiger partial charge in [-0.2, -0.15) is 0 Å². The Labute approximate surface area is 103 Å². The second-order valence-electron chi connectivity index (χ2n) is 4.67. The van der Waals surface area contributed by atoms with Crippen molar-refractivity contribution in [1.29, 1.82) is 0 Å². The van der Waals surface area contributed by atoms with E-state index in [1.807, 2.05) is 6.07 Å². The second-order valence-corrected chi connectivity index (χ2v) is 4.67. The third-order valence-corrected chi connectivity index (χ3v) is 3.28. The van der Waals surface area contributed by atoms with E-state index in [-0.39, 0.29) is 0 Å². The van der Waals surface area contributed by atoms with E-state index in [9.17, 15) is 0 Å². The van der Waals surface area contributed by atoms with Crippen molar-refractivity contribution >= 4 is 0 Å². The van der Waals surface area contributed by atoms with Crippen molar-refractivity contribution in [2.75, 3.05) is 20.3 Å². The predicted molar refractivity (Wildman–Crippen MR) is 68.7 cm³/mol. The highest BCUT2D eigenvalue weighted by molar-refractivity contribution is 5.50. The van der Waals surface area contributed by atoms with Crippen LogP contribution >= 0.6 is 0 Å². The molecule has 0 amide bonds. The Kier molecular flexibility index (Phi) is 3.89. The fourth-order valence-electron chi connectivity index (χ4n) is 1.96. The molecular weight excluding hydrogens is 214 g/mol. The van der Waals surface area contributed by atoms with Crippen LogP contribution in [0.4, 0.5) is 0 Å². The van der Waals surface area contributed by atoms with Gasteiger partial charge in [0.05, 0.1) is 13.7 Å². The van der Waals surface area contributed by atoms with Gasteiger partial charge in [0.25, 0.3) is 0 Å². The lowest BCUT2D eigenvalue weighted by Crippen LogP contribution is -2.07. The molecule has 17 heavy (non-hydrogen) atoms. The second kappa shape index (κ2) is 5.41. The fourth-order valence-corrected chi connectivity index (χ4v) is 1.96. The molecule has 2 rings (SSSR count). The summed E-state index contributed by atoms with van der Waals surface area (Å²) in [5.41, 5.74) is 8.02. The molecule has 0 bridgehead atoms. The highest BCUT2D eigenvalue weighted by atomic mass is 16.5. The van der Waals surface area contributed by atoms with Crippen molar-refractivity contribution in [3.63, 3.8) is 0 Å². The van der Waals surface area contributed by atoms with Crippen molar-refractivity contribution in [2.45, 2.75) is 26.2 Å². The van der Waals surface area contributed by atoms with Crippen molar-refractivity contribution in [2.24, 2.45) is 11.7 Å². The third-order valence-electron chi connectivity index (χ3n) is 3.28. The zero-order valence-corrected chi connectivity index (χ0v) is 10.7. The van der Waals surface area contributed by atoms with Gasteiger partial charge in [-0.15, -0.1) is 0 Å². The summed E-state index contributed by atoms with van der Waals surface area (Å²) < 4.78 is 11.3. The summed E-state index contributed by atoms with van der Waals surface area (Å²) in [5.74, 6) is 2.46. The number of methoxy groups -OCH3 is 1. The third kappa shape index (κ3) is 2.91. The van der Waals surface area contributed by atoms with Crippen LogP contribution in [-0.4, -0.2) is 20.3 Å². The average molecular weight is 235 g/mol. The molecule has 94 valence electrons. The van der Waals surface area contributed by atoms with Crippen LogP contribution in [-0.2, 0) is 6.42 Å². The predicted octanol–water partition coefficient (Wildman–Crippen LogP) is 2.29. The van der Waals surface area contributed by atoms with E-state index in [0.717, 1.165) is 36.0 Å². The Hall–Kier alpha value is -1.22. The molecule has 0 heterocycles. The number of ether oxygens (including phenoxy) is 2. The topological polar surface area (TPSA) is 44.5 Å². The van der Waals surface area contributed by atoms with Gasteiger partial charge in [-0.25, -0.2) is 0 Å². The molecule has 0 aliphatic heterocycles. The van der Waals surface area contributed by atoms with Gasteiger partial charge in [0.2, 0.25) is 0 Å². The normalized spacial score (nSPS) is 14.8. The summed E-state index contributed by atoms with van der Waals surface area (Å²) in [7, 11) is 1.68. The van der Waals surface area contributed by atoms with Gasteiger partial charge in [-0.3, -0.25) is 0 Å². The van der Waals surface area contributed by atoms with Gasteiger partial charge in [-0.1, -0.05) is 6.07 Å². The minimum Gasteiger partial charge on any atom is -0.493 e. The van der Waals surface area contributed by atoms with E-state index >= 15 is 0 Å². The quantitative estimate of drug-likeness (QED) is 0.822. The van der Waals surface area contributed by atoms with Crippen molar-refractivity contribution in [1.82, 2.24) is 0 Å². The molecule has 3 heteroatoms. The maximum atomic E-state index is 5.90. The Morgan fingerprint density at radius 3 is 2.71 bits per heavy atom. The van der Waals surface area contributed by atoms with Crippen LogP contribution in [0.3, 0.4) is 0 Å². The van der Waals surface area contributed by atoms with Crippen LogP contribution in [0, 0.1) is 12.8 Å². The molecule has 1 aromatic rings. The molecule has 1 aliphatic carbocycles. The maximum Gasteiger partial charge on any atom is 0.164 e. The number of rotatable bonds is 6. The van der Waals surface area contributed by atoms with E-state index in [1.54, 1.807) is 7.11 Å². The van der Waals surface area contributed by atoms with Gasteiger partial charge in [0, 0.05) is 0 Å². The SMILES string of the molecule is COc1ccc(CCN)c(C)c1OCC1CC1. The highest BCUT2D eigenvalue weighted by Gasteiger charge is 2.23. The molecule has 3 nitrogen and oxygen atoms in total. The Bertz CT molecular complexity index is 386. The van der Waals surface area contributed by atoms with E-state index in [4.69, 9.17) is 15.2 Å². The van der Waals surface area contributed by atoms with Crippen LogP contribution in [0.15, 0.2) is 12.1 Å². The van der Waals surface area contributed by atoms with E-state index in [0.29, 0.717) is 6.54 Å². The molecule has 1 saturated carbocycles. The molecule has 0 aromatic heterocycles. The summed E-state index contributed by atoms with van der Waals surface area (Å²) in [5, 5.41) is 0. The van der Waals surface area contributed by atoms with Gasteiger partial charge < -0.3 is 15.2 Å². The standard InChI is InChI=1S/C14H21NO2/c1-10-12(7-8-15)5-6-13(16-2)14(10)17-9-11-3-4-11/h5-6,11H,3-4,7-9,15H2,1-2H3. The Morgan fingerprint density at radius 1 is 1.35 bits per heavy atom. The molecule has 1 fully saturated rings. The molecule has 0 spiro atoms. The molecular formula is C14H21NO2. The van der Waals surface area contributed by atoms with Crippen molar-refractivity contribution in [3.05, 3.63) is 23.3 Å². The smallest absolute Gasteiger partial charge is 0.164 e. The first kappa shape index (κ1) is 12.2. The molecule has 2 N–H and O–H groups in total. The summed E-state index contributed by atoms with van der Waals surface area (Å²) in [6.07, 6.45) is 3.48. The molecule has 0 atom stereocenters. The molecule has 1 aromatic carbocycles. The van der Waals surface area contributed by atoms with Crippen molar-refractivity contribution < 1.29 is 9.47 Å². The lowest BCUT2D eigenvalue weighted by molar-refractivity contribution is 0.278. The fraction of sp³-hybridized carbons (Fsp3) is 0.571. The summed E-state index contributed by atoms with van der Waals surface area (Å²) in [4.78, 5) is 0. The van der Waals surface area contributed by atoms with Gasteiger partial charge >= 0.3 is 0 Å². The zero-order chi connectivity index (χ0) is 12.3. The first-order valence-corrected chi connectivity index (χ1v) is 6.25. The summed E-state index contributed by atoms with van der Waals surface area (Å²) in [6.45, 7) is 3.55. The van der Waals surface area contributed by atoms with E-state index in [1.165, 1.54) is 18.4 Å². The Morgan fingerprint density at radius 2 is 2.12 bits per heavy atom. The first-order chi connectivity index (χ1) is 8.26. The maximum absolute atomic E-state index is 5.90. The summed E-state index contributed by atoms with van der Waals surface area (Å²) >= 11 is 0. The van der Waals surface area contributed by atoms with E-state index < -0.39 is 0 Å². The van der Waals surface area contributed by atoms with Crippen LogP contribution in [0.1, 0.15) is 24.0 Å². The molecule has 1 aliphatic rings. The number of hydrogen-bond donors (Lipinski definition) is 1. The zero-order valence-electron chi connectivity index (χ0n) is 10.7. The van der Waals surface area contributed by atoms with Gasteiger partial charge in [-0.05, 0) is 55.8 Å². The van der Waals surface area contributed by atoms with Crippen LogP contribution in [0.2, 0.25) is 0 Å². The number of nitrogens with two attached hydrogens (primary N) is 1. The Balaban J connectivity index is 2.19. The number of hydrogen-bond acceptors (Lipinski definition) is 3. The monoisotopic (exact) mass is 235 g/mol. The van der Waals surface area contributed by atoms with Crippen LogP contribution in [0.5, 0.6) is 11.5 Å². The van der Waals surface area contributed by atoms with Crippen LogP contribution < -0.4 is 15.2 Å². The lowest BCUT2D eigenvalue weighted by Gasteiger charge is -2.16. The lowest BCUT2D eigenvalue weighted by atomic mass is 10.0. The van der Waals surface area contributed by atoms with Gasteiger partial charge in [0.1, 0.15) is 0 Å². The van der Waals surface area contributed by atoms with Crippen molar-refractivity contribution in [3.8, 4) is 11.5 Å². The van der Waals surface area contributed by atoms with Crippen LogP contribution in [0.25, 0.3) is 0 Å². The molecule has 0 radical (unpaired) electrons. The number of benzene rings is 1. The largest absolute Gasteiger partial charge is 0.493 e. The highest BCUT2D eigenvalue weighted by Crippen LogP contribution is 2.36. The summed E-state index contributed by atoms with van der Waals surface area (Å²) in [6, 6.07) is 4.05. The first-order valence-electron chi connectivity index (χ1n) is 6.25. The minimum atomic E-state index is 0.662. The van der Waals surface area contributed by atoms with Gasteiger partial charge in [0.15, 0.2) is 11.5 Å².